The third-order valence-corrected chi connectivity index (χ3v) is 4.35. The van der Waals surface area contributed by atoms with E-state index in [-0.39, 0.29) is 12.3 Å². The Labute approximate surface area is 126 Å². The summed E-state index contributed by atoms with van der Waals surface area (Å²) >= 11 is 0. The highest BCUT2D eigenvalue weighted by Gasteiger charge is 2.26. The number of carboxylic acid groups (broad SMARTS) is 1. The highest BCUT2D eigenvalue weighted by Crippen LogP contribution is 2.29. The van der Waals surface area contributed by atoms with Crippen molar-refractivity contribution in [2.24, 2.45) is 11.8 Å². The maximum Gasteiger partial charge on any atom is 0.303 e. The third-order valence-electron chi connectivity index (χ3n) is 4.35. The first-order valence-corrected chi connectivity index (χ1v) is 7.76. The van der Waals surface area contributed by atoms with E-state index in [0.717, 1.165) is 37.4 Å². The largest absolute Gasteiger partial charge is 0.481 e. The van der Waals surface area contributed by atoms with Gasteiger partial charge >= 0.3 is 5.97 Å². The number of rotatable bonds is 5. The number of nitrogens with zero attached hydrogens (tertiary/aromatic N) is 3. The van der Waals surface area contributed by atoms with Crippen molar-refractivity contribution in [3.05, 3.63) is 18.1 Å². The summed E-state index contributed by atoms with van der Waals surface area (Å²) in [5, 5.41) is 8.96. The molecule has 1 fully saturated rings. The molecule has 0 radical (unpaired) electrons. The molecule has 1 aliphatic rings. The van der Waals surface area contributed by atoms with Gasteiger partial charge < -0.3 is 10.0 Å². The molecule has 5 nitrogen and oxygen atoms in total. The molecule has 1 aromatic heterocycles. The standard InChI is InChI=1S/C16H25N3O2/c1-11(2)14-8-15(18-10-17-14)19-6-4-5-13(9-19)12(3)7-16(20)21/h8,10-13H,4-7,9H2,1-3H3,(H,20,21). The summed E-state index contributed by atoms with van der Waals surface area (Å²) in [4.78, 5) is 21.9. The second-order valence-corrected chi connectivity index (χ2v) is 6.38. The number of piperidine rings is 1. The maximum absolute atomic E-state index is 10.9. The Bertz CT molecular complexity index is 490. The summed E-state index contributed by atoms with van der Waals surface area (Å²) in [6.45, 7) is 8.18. The molecule has 5 heteroatoms. The van der Waals surface area contributed by atoms with Crippen molar-refractivity contribution in [3.8, 4) is 0 Å². The van der Waals surface area contributed by atoms with Crippen LogP contribution in [-0.2, 0) is 4.79 Å². The van der Waals surface area contributed by atoms with E-state index in [1.165, 1.54) is 0 Å². The van der Waals surface area contributed by atoms with Crippen LogP contribution in [0.15, 0.2) is 12.4 Å². The molecule has 0 saturated carbocycles. The van der Waals surface area contributed by atoms with Gasteiger partial charge in [0, 0.05) is 31.3 Å². The molecule has 1 aromatic rings. The van der Waals surface area contributed by atoms with Gasteiger partial charge in [-0.25, -0.2) is 9.97 Å². The molecule has 1 aliphatic heterocycles. The predicted octanol–water partition coefficient (Wildman–Crippen LogP) is 2.93. The highest BCUT2D eigenvalue weighted by molar-refractivity contribution is 5.67. The first-order valence-electron chi connectivity index (χ1n) is 7.76. The second kappa shape index (κ2) is 6.87. The molecular weight excluding hydrogens is 266 g/mol. The zero-order valence-corrected chi connectivity index (χ0v) is 13.1. The second-order valence-electron chi connectivity index (χ2n) is 6.38. The summed E-state index contributed by atoms with van der Waals surface area (Å²) in [7, 11) is 0. The lowest BCUT2D eigenvalue weighted by molar-refractivity contribution is -0.138. The SMILES string of the molecule is CC(C)c1cc(N2CCCC(C(C)CC(=O)O)C2)ncn1. The average molecular weight is 291 g/mol. The summed E-state index contributed by atoms with van der Waals surface area (Å²) in [6, 6.07) is 2.06. The topological polar surface area (TPSA) is 66.3 Å². The molecule has 1 saturated heterocycles. The third kappa shape index (κ3) is 4.16. The molecule has 2 heterocycles. The van der Waals surface area contributed by atoms with Crippen LogP contribution in [0.4, 0.5) is 5.82 Å². The van der Waals surface area contributed by atoms with Gasteiger partial charge in [0.2, 0.25) is 0 Å². The molecule has 1 N–H and O–H groups in total. The van der Waals surface area contributed by atoms with Crippen LogP contribution in [0.25, 0.3) is 0 Å². The molecule has 0 bridgehead atoms. The van der Waals surface area contributed by atoms with Gasteiger partial charge in [-0.2, -0.15) is 0 Å². The van der Waals surface area contributed by atoms with E-state index in [4.69, 9.17) is 5.11 Å². The van der Waals surface area contributed by atoms with Crippen LogP contribution >= 0.6 is 0 Å². The number of hydrogen-bond acceptors (Lipinski definition) is 4. The van der Waals surface area contributed by atoms with E-state index in [0.29, 0.717) is 11.8 Å². The number of hydrogen-bond donors (Lipinski definition) is 1. The highest BCUT2D eigenvalue weighted by atomic mass is 16.4. The number of anilines is 1. The van der Waals surface area contributed by atoms with E-state index in [1.807, 2.05) is 6.92 Å². The van der Waals surface area contributed by atoms with Gasteiger partial charge in [0.1, 0.15) is 12.1 Å². The first kappa shape index (κ1) is 15.7. The summed E-state index contributed by atoms with van der Waals surface area (Å²) in [5.74, 6) is 1.28. The Kier molecular flexibility index (Phi) is 5.15. The number of aromatic nitrogens is 2. The molecule has 21 heavy (non-hydrogen) atoms. The zero-order chi connectivity index (χ0) is 15.4. The molecule has 0 aliphatic carbocycles. The summed E-state index contributed by atoms with van der Waals surface area (Å²) in [6.07, 6.45) is 4.08. The average Bonchev–Trinajstić information content (AvgIpc) is 2.47. The Balaban J connectivity index is 2.07. The van der Waals surface area contributed by atoms with Crippen LogP contribution in [0.3, 0.4) is 0 Å². The molecule has 2 unspecified atom stereocenters. The van der Waals surface area contributed by atoms with Gasteiger partial charge in [0.15, 0.2) is 0 Å². The predicted molar refractivity (Wildman–Crippen MR) is 82.5 cm³/mol. The minimum absolute atomic E-state index is 0.205. The van der Waals surface area contributed by atoms with Crippen molar-refractivity contribution in [3.63, 3.8) is 0 Å². The number of carbonyl (C=O) groups is 1. The van der Waals surface area contributed by atoms with Crippen LogP contribution in [-0.4, -0.2) is 34.1 Å². The normalized spacial score (nSPS) is 20.6. The molecule has 0 aromatic carbocycles. The van der Waals surface area contributed by atoms with Gasteiger partial charge in [-0.1, -0.05) is 20.8 Å². The lowest BCUT2D eigenvalue weighted by atomic mass is 9.84. The number of carboxylic acids is 1. The molecule has 0 amide bonds. The lowest BCUT2D eigenvalue weighted by Gasteiger charge is -2.36. The molecule has 2 atom stereocenters. The van der Waals surface area contributed by atoms with Gasteiger partial charge in [-0.3, -0.25) is 4.79 Å². The Morgan fingerprint density at radius 2 is 2.19 bits per heavy atom. The molecule has 0 spiro atoms. The van der Waals surface area contributed by atoms with Crippen molar-refractivity contribution in [1.82, 2.24) is 9.97 Å². The molecule has 2 rings (SSSR count). The molecule has 116 valence electrons. The fraction of sp³-hybridized carbons (Fsp3) is 0.688. The lowest BCUT2D eigenvalue weighted by Crippen LogP contribution is -2.38. The van der Waals surface area contributed by atoms with E-state index in [1.54, 1.807) is 6.33 Å². The van der Waals surface area contributed by atoms with E-state index in [9.17, 15) is 4.79 Å². The van der Waals surface area contributed by atoms with E-state index < -0.39 is 5.97 Å². The summed E-state index contributed by atoms with van der Waals surface area (Å²) in [5.41, 5.74) is 1.06. The van der Waals surface area contributed by atoms with Crippen molar-refractivity contribution in [1.29, 1.82) is 0 Å². The van der Waals surface area contributed by atoms with Crippen LogP contribution in [0.5, 0.6) is 0 Å². The first-order chi connectivity index (χ1) is 9.97. The fourth-order valence-corrected chi connectivity index (χ4v) is 2.97. The maximum atomic E-state index is 10.9. The minimum Gasteiger partial charge on any atom is -0.481 e. The quantitative estimate of drug-likeness (QED) is 0.903. The minimum atomic E-state index is -0.705. The zero-order valence-electron chi connectivity index (χ0n) is 13.1. The van der Waals surface area contributed by atoms with Crippen LogP contribution in [0.2, 0.25) is 0 Å². The monoisotopic (exact) mass is 291 g/mol. The van der Waals surface area contributed by atoms with Crippen molar-refractivity contribution in [2.45, 2.75) is 46.0 Å². The van der Waals surface area contributed by atoms with Gasteiger partial charge in [-0.05, 0) is 30.6 Å². The van der Waals surface area contributed by atoms with Gasteiger partial charge in [0.25, 0.3) is 0 Å². The summed E-state index contributed by atoms with van der Waals surface area (Å²) < 4.78 is 0. The molecular formula is C16H25N3O2. The van der Waals surface area contributed by atoms with Crippen LogP contribution < -0.4 is 4.90 Å². The van der Waals surface area contributed by atoms with Crippen molar-refractivity contribution >= 4 is 11.8 Å². The van der Waals surface area contributed by atoms with Crippen LogP contribution in [0, 0.1) is 11.8 Å². The Morgan fingerprint density at radius 3 is 2.86 bits per heavy atom. The van der Waals surface area contributed by atoms with E-state index in [2.05, 4.69) is 34.8 Å². The van der Waals surface area contributed by atoms with Crippen LogP contribution in [0.1, 0.15) is 51.6 Å². The number of aliphatic carboxylic acids is 1. The smallest absolute Gasteiger partial charge is 0.303 e. The Hall–Kier alpha value is -1.65. The van der Waals surface area contributed by atoms with Crippen molar-refractivity contribution in [2.75, 3.05) is 18.0 Å². The van der Waals surface area contributed by atoms with Gasteiger partial charge in [0.05, 0.1) is 0 Å². The van der Waals surface area contributed by atoms with Crippen molar-refractivity contribution < 1.29 is 9.90 Å². The Morgan fingerprint density at radius 1 is 1.43 bits per heavy atom. The van der Waals surface area contributed by atoms with Gasteiger partial charge in [-0.15, -0.1) is 0 Å². The van der Waals surface area contributed by atoms with E-state index >= 15 is 0 Å². The fourth-order valence-electron chi connectivity index (χ4n) is 2.97.